The number of hydrogen-bond donors (Lipinski definition) is 1. The molecule has 1 aromatic heterocycles. The van der Waals surface area contributed by atoms with Crippen molar-refractivity contribution in [1.82, 2.24) is 5.27 Å². The molecule has 0 aliphatic heterocycles. The van der Waals surface area contributed by atoms with Gasteiger partial charge in [0.2, 0.25) is 5.69 Å². The maximum Gasteiger partial charge on any atom is 0.427 e. The van der Waals surface area contributed by atoms with Crippen LogP contribution < -0.4 is 10.3 Å². The van der Waals surface area contributed by atoms with Gasteiger partial charge in [-0.05, 0) is 52.6 Å². The number of aryl methyl sites for hydroxylation is 2. The number of hydrogen-bond acceptors (Lipinski definition) is 2. The van der Waals surface area contributed by atoms with E-state index in [0.717, 1.165) is 11.3 Å². The summed E-state index contributed by atoms with van der Waals surface area (Å²) in [4.78, 5) is 11.0. The molecule has 0 bridgehead atoms. The Kier molecular flexibility index (Phi) is 3.74. The molecule has 0 aliphatic carbocycles. The Labute approximate surface area is 128 Å². The summed E-state index contributed by atoms with van der Waals surface area (Å²) in [5, 5.41) is 2.52. The second-order valence-electron chi connectivity index (χ2n) is 5.30. The average molecular weight is 293 g/mol. The first kappa shape index (κ1) is 14.1. The van der Waals surface area contributed by atoms with Crippen LogP contribution in [0.25, 0.3) is 17.8 Å². The Bertz CT molecular complexity index is 871. The van der Waals surface area contributed by atoms with E-state index in [0.29, 0.717) is 0 Å². The first-order valence-corrected chi connectivity index (χ1v) is 7.08. The Balaban J connectivity index is 1.81. The molecular formula is C18H17N2O2+. The fourth-order valence-corrected chi connectivity index (χ4v) is 2.32. The molecule has 0 saturated carbocycles. The number of nitrogens with one attached hydrogen (secondary N) is 1. The van der Waals surface area contributed by atoms with Gasteiger partial charge in [0, 0.05) is 12.1 Å². The van der Waals surface area contributed by atoms with Crippen LogP contribution in [0.15, 0.2) is 58.0 Å². The van der Waals surface area contributed by atoms with Gasteiger partial charge in [0.1, 0.15) is 0 Å². The molecule has 2 aromatic carbocycles. The quantitative estimate of drug-likeness (QED) is 0.596. The van der Waals surface area contributed by atoms with Crippen LogP contribution in [-0.2, 0) is 0 Å². The van der Waals surface area contributed by atoms with Crippen LogP contribution in [0.5, 0.6) is 0 Å². The second kappa shape index (κ2) is 5.85. The van der Waals surface area contributed by atoms with Crippen molar-refractivity contribution in [3.63, 3.8) is 0 Å². The van der Waals surface area contributed by atoms with Crippen molar-refractivity contribution in [1.29, 1.82) is 0 Å². The highest BCUT2D eigenvalue weighted by Gasteiger charge is 2.09. The predicted molar refractivity (Wildman–Crippen MR) is 85.7 cm³/mol. The van der Waals surface area contributed by atoms with Crippen LogP contribution in [0.1, 0.15) is 22.3 Å². The molecule has 0 spiro atoms. The minimum Gasteiger partial charge on any atom is -0.283 e. The smallest absolute Gasteiger partial charge is 0.283 e. The molecule has 0 aliphatic rings. The molecule has 0 saturated heterocycles. The van der Waals surface area contributed by atoms with Crippen molar-refractivity contribution in [2.75, 3.05) is 0 Å². The van der Waals surface area contributed by atoms with Crippen molar-refractivity contribution in [3.05, 3.63) is 81.3 Å². The lowest BCUT2D eigenvalue weighted by atomic mass is 10.0. The first-order chi connectivity index (χ1) is 10.6. The van der Waals surface area contributed by atoms with Crippen molar-refractivity contribution in [2.45, 2.75) is 13.8 Å². The van der Waals surface area contributed by atoms with E-state index in [1.807, 2.05) is 24.3 Å². The summed E-state index contributed by atoms with van der Waals surface area (Å²) in [6.45, 7) is 4.21. The Morgan fingerprint density at radius 2 is 1.82 bits per heavy atom. The summed E-state index contributed by atoms with van der Waals surface area (Å²) in [5.74, 6) is 0. The first-order valence-electron chi connectivity index (χ1n) is 7.08. The Hall–Kier alpha value is -2.88. The standard InChI is InChI=1S/C18H16N2O2/c1-13-3-7-16(14(2)11-13)8-4-15-5-9-17(10-6-15)20-12-18(21)22-19-20/h3-12H,1-2H3/p+1/b8-4+. The van der Waals surface area contributed by atoms with E-state index < -0.39 is 5.63 Å². The van der Waals surface area contributed by atoms with Crippen LogP contribution >= 0.6 is 0 Å². The number of benzene rings is 2. The molecule has 0 fully saturated rings. The third-order valence-corrected chi connectivity index (χ3v) is 3.53. The monoisotopic (exact) mass is 293 g/mol. The largest absolute Gasteiger partial charge is 0.427 e. The maximum atomic E-state index is 11.0. The third kappa shape index (κ3) is 3.06. The van der Waals surface area contributed by atoms with E-state index in [2.05, 4.69) is 54.0 Å². The highest BCUT2D eigenvalue weighted by molar-refractivity contribution is 5.71. The van der Waals surface area contributed by atoms with Crippen molar-refractivity contribution in [3.8, 4) is 5.69 Å². The molecule has 0 amide bonds. The van der Waals surface area contributed by atoms with E-state index in [-0.39, 0.29) is 0 Å². The molecule has 110 valence electrons. The Morgan fingerprint density at radius 3 is 2.45 bits per heavy atom. The SMILES string of the molecule is Cc1ccc(/C=C/c2ccc(-[n+]3cc(=O)o[nH]3)cc2)c(C)c1. The molecule has 0 unspecified atom stereocenters. The second-order valence-corrected chi connectivity index (χ2v) is 5.30. The summed E-state index contributed by atoms with van der Waals surface area (Å²) in [7, 11) is 0. The number of H-pyrrole nitrogens is 1. The molecule has 3 rings (SSSR count). The highest BCUT2D eigenvalue weighted by atomic mass is 16.5. The molecule has 1 N–H and O–H groups in total. The zero-order valence-electron chi connectivity index (χ0n) is 12.5. The molecule has 0 atom stereocenters. The van der Waals surface area contributed by atoms with E-state index in [4.69, 9.17) is 0 Å². The number of rotatable bonds is 3. The van der Waals surface area contributed by atoms with Crippen molar-refractivity contribution >= 4 is 12.2 Å². The zero-order chi connectivity index (χ0) is 15.5. The highest BCUT2D eigenvalue weighted by Crippen LogP contribution is 2.14. The Morgan fingerprint density at radius 1 is 1.05 bits per heavy atom. The summed E-state index contributed by atoms with van der Waals surface area (Å²) in [5.41, 5.74) is 5.27. The van der Waals surface area contributed by atoms with Crippen molar-refractivity contribution in [2.24, 2.45) is 0 Å². The van der Waals surface area contributed by atoms with Crippen LogP contribution in [0, 0.1) is 13.8 Å². The van der Waals surface area contributed by atoms with Gasteiger partial charge in [0.15, 0.2) is 0 Å². The summed E-state index contributed by atoms with van der Waals surface area (Å²) >= 11 is 0. The molecule has 1 heterocycles. The number of aromatic nitrogens is 2. The van der Waals surface area contributed by atoms with E-state index >= 15 is 0 Å². The zero-order valence-corrected chi connectivity index (χ0v) is 12.5. The lowest BCUT2D eigenvalue weighted by Crippen LogP contribution is -2.31. The van der Waals surface area contributed by atoms with Gasteiger partial charge < -0.3 is 0 Å². The minimum atomic E-state index is -0.404. The summed E-state index contributed by atoms with van der Waals surface area (Å²) < 4.78 is 6.19. The van der Waals surface area contributed by atoms with Crippen LogP contribution in [0.3, 0.4) is 0 Å². The fourth-order valence-electron chi connectivity index (χ4n) is 2.32. The maximum absolute atomic E-state index is 11.0. The summed E-state index contributed by atoms with van der Waals surface area (Å²) in [6, 6.07) is 14.2. The minimum absolute atomic E-state index is 0.404. The third-order valence-electron chi connectivity index (χ3n) is 3.53. The van der Waals surface area contributed by atoms with Gasteiger partial charge in [0.25, 0.3) is 6.20 Å². The predicted octanol–water partition coefficient (Wildman–Crippen LogP) is 3.03. The van der Waals surface area contributed by atoms with Gasteiger partial charge in [0.05, 0.1) is 0 Å². The topological polar surface area (TPSA) is 49.9 Å². The van der Waals surface area contributed by atoms with Gasteiger partial charge in [-0.25, -0.2) is 4.79 Å². The van der Waals surface area contributed by atoms with E-state index in [1.54, 1.807) is 4.68 Å². The molecule has 0 radical (unpaired) electrons. The van der Waals surface area contributed by atoms with Gasteiger partial charge in [-0.15, -0.1) is 0 Å². The average Bonchev–Trinajstić information content (AvgIpc) is 2.93. The fraction of sp³-hybridized carbons (Fsp3) is 0.111. The molecule has 3 aromatic rings. The number of aromatic amines is 1. The van der Waals surface area contributed by atoms with Gasteiger partial charge in [-0.2, -0.15) is 0 Å². The van der Waals surface area contributed by atoms with Crippen LogP contribution in [0.2, 0.25) is 0 Å². The lowest BCUT2D eigenvalue weighted by Gasteiger charge is -2.01. The normalized spacial score (nSPS) is 11.2. The molecule has 22 heavy (non-hydrogen) atoms. The van der Waals surface area contributed by atoms with E-state index in [1.165, 1.54) is 22.9 Å². The molecule has 4 nitrogen and oxygen atoms in total. The van der Waals surface area contributed by atoms with Gasteiger partial charge >= 0.3 is 5.63 Å². The molecular weight excluding hydrogens is 276 g/mol. The van der Waals surface area contributed by atoms with Gasteiger partial charge in [-0.3, -0.25) is 4.52 Å². The van der Waals surface area contributed by atoms with Crippen LogP contribution in [-0.4, -0.2) is 5.27 Å². The van der Waals surface area contributed by atoms with Crippen LogP contribution in [0.4, 0.5) is 0 Å². The van der Waals surface area contributed by atoms with Gasteiger partial charge in [-0.1, -0.05) is 35.9 Å². The number of nitrogens with zero attached hydrogens (tertiary/aromatic N) is 1. The van der Waals surface area contributed by atoms with Crippen molar-refractivity contribution < 1.29 is 9.20 Å². The van der Waals surface area contributed by atoms with E-state index in [9.17, 15) is 4.79 Å². The summed E-state index contributed by atoms with van der Waals surface area (Å²) in [6.07, 6.45) is 5.54. The lowest BCUT2D eigenvalue weighted by molar-refractivity contribution is -0.670. The molecule has 4 heteroatoms.